The first-order valence-corrected chi connectivity index (χ1v) is 14.8. The summed E-state index contributed by atoms with van der Waals surface area (Å²) in [4.78, 5) is 0. The summed E-state index contributed by atoms with van der Waals surface area (Å²) in [6.07, 6.45) is 22.8. The number of alkyl halides is 3. The van der Waals surface area contributed by atoms with Crippen molar-refractivity contribution in [3.05, 3.63) is 0 Å². The van der Waals surface area contributed by atoms with Gasteiger partial charge in [-0.3, -0.25) is 0 Å². The molecule has 8 heteroatoms. The third-order valence-electron chi connectivity index (χ3n) is 6.23. The molecule has 0 heterocycles. The third kappa shape index (κ3) is 20.7. The Kier molecular flexibility index (Phi) is 22.1. The fraction of sp³-hybridized carbons (Fsp3) is 1.00. The summed E-state index contributed by atoms with van der Waals surface area (Å²) >= 11 is 0. The Bertz CT molecular complexity index is 472. The van der Waals surface area contributed by atoms with Crippen molar-refractivity contribution in [1.82, 2.24) is 0 Å². The Hall–Kier alpha value is -0.340. The van der Waals surface area contributed by atoms with Crippen LogP contribution >= 0.6 is 0 Å². The Balaban J connectivity index is 0. The highest BCUT2D eigenvalue weighted by molar-refractivity contribution is 7.86. The van der Waals surface area contributed by atoms with Crippen LogP contribution in [0.25, 0.3) is 0 Å². The lowest BCUT2D eigenvalue weighted by Gasteiger charge is -2.39. The molecule has 0 aliphatic rings. The first-order valence-electron chi connectivity index (χ1n) is 13.4. The minimum atomic E-state index is -6.09. The summed E-state index contributed by atoms with van der Waals surface area (Å²) in [5.74, 6) is 0. The van der Waals surface area contributed by atoms with E-state index in [-0.39, 0.29) is 0 Å². The maximum atomic E-state index is 10.7. The van der Waals surface area contributed by atoms with Gasteiger partial charge in [0.1, 0.15) is 0 Å². The molecule has 0 aromatic heterocycles. The van der Waals surface area contributed by atoms with Gasteiger partial charge in [-0.25, -0.2) is 8.42 Å². The van der Waals surface area contributed by atoms with E-state index in [4.69, 9.17) is 13.0 Å². The molecule has 0 rings (SSSR count). The van der Waals surface area contributed by atoms with E-state index >= 15 is 0 Å². The molecule has 0 unspecified atom stereocenters. The molecule has 0 saturated heterocycles. The van der Waals surface area contributed by atoms with Crippen LogP contribution in [-0.4, -0.2) is 49.1 Å². The second-order valence-electron chi connectivity index (χ2n) is 9.38. The Morgan fingerprint density at radius 1 is 0.545 bits per heavy atom. The number of hydrogen-bond donors (Lipinski definition) is 0. The number of hydrogen-bond acceptors (Lipinski definition) is 3. The van der Waals surface area contributed by atoms with E-state index in [2.05, 4.69) is 27.7 Å². The van der Waals surface area contributed by atoms with E-state index in [0.717, 1.165) is 0 Å². The van der Waals surface area contributed by atoms with Crippen LogP contribution in [0, 0.1) is 0 Å². The molecule has 0 bridgehead atoms. The SMILES string of the molecule is CCCCCC[N+](CCCCCC)(CCCCCC)CCCCCC.O=S(=O)([O-])C(F)(F)F. The van der Waals surface area contributed by atoms with Crippen molar-refractivity contribution in [2.24, 2.45) is 0 Å². The fourth-order valence-corrected chi connectivity index (χ4v) is 4.17. The molecule has 0 aliphatic heterocycles. The molecule has 0 aromatic carbocycles. The molecular weight excluding hydrogens is 451 g/mol. The van der Waals surface area contributed by atoms with Gasteiger partial charge in [-0.1, -0.05) is 79.1 Å². The highest BCUT2D eigenvalue weighted by Gasteiger charge is 2.36. The van der Waals surface area contributed by atoms with Crippen LogP contribution in [0.1, 0.15) is 130 Å². The smallest absolute Gasteiger partial charge is 0.485 e. The fourth-order valence-electron chi connectivity index (χ4n) is 4.17. The van der Waals surface area contributed by atoms with Crippen LogP contribution in [0.2, 0.25) is 0 Å². The molecule has 0 fully saturated rings. The molecule has 0 N–H and O–H groups in total. The molecule has 33 heavy (non-hydrogen) atoms. The van der Waals surface area contributed by atoms with E-state index in [1.54, 1.807) is 0 Å². The van der Waals surface area contributed by atoms with Gasteiger partial charge in [0.15, 0.2) is 10.1 Å². The molecule has 0 saturated carbocycles. The van der Waals surface area contributed by atoms with Crippen molar-refractivity contribution in [2.75, 3.05) is 26.2 Å². The van der Waals surface area contributed by atoms with Crippen LogP contribution in [0.4, 0.5) is 13.2 Å². The molecule has 0 amide bonds. The molecular formula is C25H52F3NO3S. The quantitative estimate of drug-likeness (QED) is 0.0728. The number of rotatable bonds is 20. The number of halogens is 3. The highest BCUT2D eigenvalue weighted by Crippen LogP contribution is 2.21. The standard InChI is InChI=1S/C24H52N.CHF3O3S/c1-5-9-13-17-21-25(22-18-14-10-6-2,23-19-15-11-7-3)24-20-16-12-8-4;2-1(3,4)8(5,6)7/h5-24H2,1-4H3;(H,5,6,7)/q+1;/p-1. The van der Waals surface area contributed by atoms with Gasteiger partial charge in [-0.05, 0) is 51.4 Å². The summed E-state index contributed by atoms with van der Waals surface area (Å²) in [5.41, 5.74) is -5.65. The molecule has 0 aliphatic carbocycles. The van der Waals surface area contributed by atoms with Crippen molar-refractivity contribution in [3.63, 3.8) is 0 Å². The van der Waals surface area contributed by atoms with Crippen molar-refractivity contribution in [3.8, 4) is 0 Å². The van der Waals surface area contributed by atoms with Crippen molar-refractivity contribution >= 4 is 10.1 Å². The predicted octanol–water partition coefficient (Wildman–Crippen LogP) is 8.18. The number of nitrogens with zero attached hydrogens (tertiary/aromatic N) is 1. The largest absolute Gasteiger partial charge is 0.741 e. The third-order valence-corrected chi connectivity index (χ3v) is 6.79. The van der Waals surface area contributed by atoms with Gasteiger partial charge in [-0.2, -0.15) is 13.2 Å². The topological polar surface area (TPSA) is 57.2 Å². The zero-order valence-corrected chi connectivity index (χ0v) is 22.7. The van der Waals surface area contributed by atoms with Gasteiger partial charge < -0.3 is 9.04 Å². The van der Waals surface area contributed by atoms with Crippen molar-refractivity contribution in [1.29, 1.82) is 0 Å². The lowest BCUT2D eigenvalue weighted by Crippen LogP contribution is -2.50. The summed E-state index contributed by atoms with van der Waals surface area (Å²) in [6.45, 7) is 15.2. The molecule has 0 radical (unpaired) electrons. The first-order chi connectivity index (χ1) is 15.5. The number of unbranched alkanes of at least 4 members (excludes halogenated alkanes) is 12. The van der Waals surface area contributed by atoms with Gasteiger partial charge in [0, 0.05) is 0 Å². The average Bonchev–Trinajstić information content (AvgIpc) is 2.74. The van der Waals surface area contributed by atoms with E-state index in [0.29, 0.717) is 0 Å². The monoisotopic (exact) mass is 503 g/mol. The molecule has 4 nitrogen and oxygen atoms in total. The molecule has 0 atom stereocenters. The first kappa shape index (κ1) is 34.8. The van der Waals surface area contributed by atoms with Gasteiger partial charge in [0.25, 0.3) is 0 Å². The number of quaternary nitrogens is 1. The van der Waals surface area contributed by atoms with Crippen molar-refractivity contribution < 1.29 is 30.6 Å². The lowest BCUT2D eigenvalue weighted by atomic mass is 10.1. The maximum Gasteiger partial charge on any atom is 0.485 e. The summed E-state index contributed by atoms with van der Waals surface area (Å²) < 4.78 is 60.4. The van der Waals surface area contributed by atoms with E-state index in [1.165, 1.54) is 133 Å². The lowest BCUT2D eigenvalue weighted by molar-refractivity contribution is -0.929. The van der Waals surface area contributed by atoms with Gasteiger partial charge in [0.05, 0.1) is 26.2 Å². The predicted molar refractivity (Wildman–Crippen MR) is 132 cm³/mol. The van der Waals surface area contributed by atoms with Crippen molar-refractivity contribution in [2.45, 2.75) is 136 Å². The van der Waals surface area contributed by atoms with Crippen LogP contribution < -0.4 is 0 Å². The second-order valence-corrected chi connectivity index (χ2v) is 10.7. The van der Waals surface area contributed by atoms with Crippen LogP contribution in [0.3, 0.4) is 0 Å². The minimum absolute atomic E-state index is 1.36. The Morgan fingerprint density at radius 2 is 0.758 bits per heavy atom. The highest BCUT2D eigenvalue weighted by atomic mass is 32.2. The zero-order chi connectivity index (χ0) is 25.6. The van der Waals surface area contributed by atoms with E-state index in [1.807, 2.05) is 0 Å². The maximum absolute atomic E-state index is 10.7. The average molecular weight is 504 g/mol. The van der Waals surface area contributed by atoms with Gasteiger partial charge in [-0.15, -0.1) is 0 Å². The summed E-state index contributed by atoms with van der Waals surface area (Å²) in [7, 11) is -6.09. The summed E-state index contributed by atoms with van der Waals surface area (Å²) in [5, 5.41) is 0. The zero-order valence-electron chi connectivity index (χ0n) is 21.9. The van der Waals surface area contributed by atoms with Crippen LogP contribution in [-0.2, 0) is 10.1 Å². The normalized spacial score (nSPS) is 12.5. The van der Waals surface area contributed by atoms with Gasteiger partial charge in [0.2, 0.25) is 0 Å². The Labute approximate surface area is 203 Å². The van der Waals surface area contributed by atoms with Crippen LogP contribution in [0.5, 0.6) is 0 Å². The molecule has 0 aromatic rings. The second kappa shape index (κ2) is 21.0. The summed E-state index contributed by atoms with van der Waals surface area (Å²) in [6, 6.07) is 0. The van der Waals surface area contributed by atoms with Gasteiger partial charge >= 0.3 is 5.51 Å². The molecule has 202 valence electrons. The van der Waals surface area contributed by atoms with E-state index in [9.17, 15) is 13.2 Å². The van der Waals surface area contributed by atoms with Crippen LogP contribution in [0.15, 0.2) is 0 Å². The van der Waals surface area contributed by atoms with E-state index < -0.39 is 15.6 Å². The molecule has 0 spiro atoms. The Morgan fingerprint density at radius 3 is 0.909 bits per heavy atom. The minimum Gasteiger partial charge on any atom is -0.741 e.